The van der Waals surface area contributed by atoms with Crippen molar-refractivity contribution in [2.24, 2.45) is 0 Å². The monoisotopic (exact) mass is 344 g/mol. The summed E-state index contributed by atoms with van der Waals surface area (Å²) >= 11 is 0. The van der Waals surface area contributed by atoms with Gasteiger partial charge >= 0.3 is 0 Å². The van der Waals surface area contributed by atoms with E-state index in [9.17, 15) is 0 Å². The van der Waals surface area contributed by atoms with E-state index in [4.69, 9.17) is 14.2 Å². The maximum Gasteiger partial charge on any atom is 0.126 e. The number of benzene rings is 2. The molecule has 1 heterocycles. The molecule has 4 heteroatoms. The lowest BCUT2D eigenvalue weighted by atomic mass is 10.0. The van der Waals surface area contributed by atoms with Crippen LogP contribution in [0, 0.1) is 0 Å². The van der Waals surface area contributed by atoms with Crippen molar-refractivity contribution in [3.63, 3.8) is 0 Å². The predicted molar refractivity (Wildman–Crippen MR) is 100.0 cm³/mol. The van der Waals surface area contributed by atoms with Gasteiger partial charge in [0.25, 0.3) is 0 Å². The first-order valence-electron chi connectivity index (χ1n) is 8.16. The molecule has 0 radical (unpaired) electrons. The van der Waals surface area contributed by atoms with Crippen LogP contribution in [0.5, 0.6) is 17.2 Å². The third-order valence-electron chi connectivity index (χ3n) is 4.49. The van der Waals surface area contributed by atoms with Crippen LogP contribution in [0.2, 0.25) is 0 Å². The molecule has 0 saturated carbocycles. The number of fused-ring (bicyclic) bond motifs is 1. The number of hydrogen-bond donors (Lipinski definition) is 0. The van der Waals surface area contributed by atoms with E-state index >= 15 is 0 Å². The van der Waals surface area contributed by atoms with E-state index < -0.39 is 7.92 Å². The van der Waals surface area contributed by atoms with Crippen LogP contribution >= 0.6 is 7.92 Å². The summed E-state index contributed by atoms with van der Waals surface area (Å²) in [6, 6.07) is 14.4. The second-order valence-corrected chi connectivity index (χ2v) is 9.99. The normalized spacial score (nSPS) is 20.0. The molecule has 3 nitrogen and oxygen atoms in total. The minimum absolute atomic E-state index is 0.152. The molecule has 0 aromatic heterocycles. The Balaban J connectivity index is 2.25. The Hall–Kier alpha value is -1.73. The molecule has 24 heavy (non-hydrogen) atoms. The van der Waals surface area contributed by atoms with E-state index in [1.165, 1.54) is 5.56 Å². The average molecular weight is 344 g/mol. The predicted octanol–water partition coefficient (Wildman–Crippen LogP) is 5.42. The average Bonchev–Trinajstić information content (AvgIpc) is 2.59. The van der Waals surface area contributed by atoms with Crippen LogP contribution < -0.4 is 14.2 Å². The van der Waals surface area contributed by atoms with Gasteiger partial charge in [-0.25, -0.2) is 0 Å². The largest absolute Gasteiger partial charge is 0.496 e. The molecular formula is C20H25O3P. The van der Waals surface area contributed by atoms with Crippen molar-refractivity contribution in [2.45, 2.75) is 31.6 Å². The van der Waals surface area contributed by atoms with Crippen LogP contribution in [0.15, 0.2) is 42.5 Å². The Morgan fingerprint density at radius 2 is 1.58 bits per heavy atom. The van der Waals surface area contributed by atoms with Crippen molar-refractivity contribution in [1.82, 2.24) is 0 Å². The van der Waals surface area contributed by atoms with E-state index in [2.05, 4.69) is 39.0 Å². The lowest BCUT2D eigenvalue weighted by molar-refractivity contribution is 0.364. The third kappa shape index (κ3) is 2.98. The molecule has 1 aliphatic rings. The van der Waals surface area contributed by atoms with E-state index in [0.717, 1.165) is 29.2 Å². The summed E-state index contributed by atoms with van der Waals surface area (Å²) < 4.78 is 17.5. The van der Waals surface area contributed by atoms with Crippen LogP contribution in [-0.4, -0.2) is 25.7 Å². The molecule has 0 fully saturated rings. The standard InChI is InChI=1S/C20H25O3P/c1-20(2,3)24-13-23-15-10-7-6-9-14(15)19(24)18-16(21-4)11-8-12-17(18)22-5/h6-12,19H,13H2,1-5H3. The molecule has 3 rings (SSSR count). The van der Waals surface area contributed by atoms with Crippen LogP contribution in [0.1, 0.15) is 37.6 Å². The molecule has 0 aliphatic carbocycles. The molecular weight excluding hydrogens is 319 g/mol. The molecule has 128 valence electrons. The number of ether oxygens (including phenoxy) is 3. The van der Waals surface area contributed by atoms with Gasteiger partial charge in [-0.1, -0.05) is 45.0 Å². The van der Waals surface area contributed by atoms with E-state index in [0.29, 0.717) is 0 Å². The molecule has 0 spiro atoms. The molecule has 2 aromatic carbocycles. The maximum atomic E-state index is 6.11. The highest BCUT2D eigenvalue weighted by Crippen LogP contribution is 2.68. The fraction of sp³-hybridized carbons (Fsp3) is 0.400. The molecule has 0 N–H and O–H groups in total. The molecule has 0 amide bonds. The molecule has 0 saturated heterocycles. The van der Waals surface area contributed by atoms with Crippen LogP contribution in [0.4, 0.5) is 0 Å². The molecule has 2 aromatic rings. The van der Waals surface area contributed by atoms with Crippen LogP contribution in [-0.2, 0) is 0 Å². The quantitative estimate of drug-likeness (QED) is 0.696. The number of rotatable bonds is 3. The number of para-hydroxylation sites is 1. The molecule has 2 atom stereocenters. The summed E-state index contributed by atoms with van der Waals surface area (Å²) in [6.07, 6.45) is 0.752. The number of hydrogen-bond acceptors (Lipinski definition) is 3. The summed E-state index contributed by atoms with van der Waals surface area (Å²) in [4.78, 5) is 0. The molecule has 2 unspecified atom stereocenters. The van der Waals surface area contributed by atoms with Gasteiger partial charge in [-0.05, 0) is 31.3 Å². The minimum Gasteiger partial charge on any atom is -0.496 e. The van der Waals surface area contributed by atoms with Gasteiger partial charge in [-0.3, -0.25) is 0 Å². The highest BCUT2D eigenvalue weighted by Gasteiger charge is 2.41. The van der Waals surface area contributed by atoms with Crippen LogP contribution in [0.25, 0.3) is 0 Å². The van der Waals surface area contributed by atoms with Crippen molar-refractivity contribution in [3.8, 4) is 17.2 Å². The zero-order chi connectivity index (χ0) is 17.3. The Morgan fingerprint density at radius 1 is 0.958 bits per heavy atom. The van der Waals surface area contributed by atoms with Crippen molar-refractivity contribution < 1.29 is 14.2 Å². The summed E-state index contributed by atoms with van der Waals surface area (Å²) in [7, 11) is 2.98. The lowest BCUT2D eigenvalue weighted by Crippen LogP contribution is -2.25. The van der Waals surface area contributed by atoms with Crippen molar-refractivity contribution in [1.29, 1.82) is 0 Å². The zero-order valence-electron chi connectivity index (χ0n) is 15.0. The van der Waals surface area contributed by atoms with Crippen molar-refractivity contribution in [3.05, 3.63) is 53.6 Å². The smallest absolute Gasteiger partial charge is 0.126 e. The first-order chi connectivity index (χ1) is 11.5. The summed E-state index contributed by atoms with van der Waals surface area (Å²) in [5.41, 5.74) is 2.60. The third-order valence-corrected chi connectivity index (χ3v) is 7.78. The first-order valence-corrected chi connectivity index (χ1v) is 9.76. The fourth-order valence-corrected chi connectivity index (χ4v) is 5.97. The highest BCUT2D eigenvalue weighted by molar-refractivity contribution is 7.59. The molecule has 0 bridgehead atoms. The topological polar surface area (TPSA) is 27.7 Å². The van der Waals surface area contributed by atoms with E-state index in [-0.39, 0.29) is 10.8 Å². The van der Waals surface area contributed by atoms with Crippen molar-refractivity contribution in [2.75, 3.05) is 20.6 Å². The SMILES string of the molecule is COc1cccc(OC)c1C1c2ccccc2OCP1C(C)(C)C. The van der Waals surface area contributed by atoms with Gasteiger partial charge < -0.3 is 14.2 Å². The van der Waals surface area contributed by atoms with Gasteiger partial charge in [0, 0.05) is 16.8 Å². The van der Waals surface area contributed by atoms with Gasteiger partial charge in [0.05, 0.1) is 14.2 Å². The Labute approximate surface area is 145 Å². The second kappa shape index (κ2) is 6.64. The summed E-state index contributed by atoms with van der Waals surface area (Å²) in [5, 5.41) is 0.152. The first kappa shape index (κ1) is 17.1. The fourth-order valence-electron chi connectivity index (χ4n) is 3.26. The highest BCUT2D eigenvalue weighted by atomic mass is 31.1. The Morgan fingerprint density at radius 3 is 2.17 bits per heavy atom. The van der Waals surface area contributed by atoms with Crippen LogP contribution in [0.3, 0.4) is 0 Å². The lowest BCUT2D eigenvalue weighted by Gasteiger charge is -2.42. The van der Waals surface area contributed by atoms with Gasteiger partial charge in [0.1, 0.15) is 23.6 Å². The van der Waals surface area contributed by atoms with Gasteiger partial charge in [0.15, 0.2) is 0 Å². The summed E-state index contributed by atoms with van der Waals surface area (Å²) in [6.45, 7) is 6.89. The zero-order valence-corrected chi connectivity index (χ0v) is 15.9. The Bertz CT molecular complexity index is 699. The summed E-state index contributed by atoms with van der Waals surface area (Å²) in [5.74, 6) is 2.74. The minimum atomic E-state index is -0.465. The Kier molecular flexibility index (Phi) is 4.73. The number of methoxy groups -OCH3 is 2. The van der Waals surface area contributed by atoms with E-state index in [1.807, 2.05) is 24.3 Å². The maximum absolute atomic E-state index is 6.11. The van der Waals surface area contributed by atoms with Gasteiger partial charge in [0.2, 0.25) is 0 Å². The van der Waals surface area contributed by atoms with Gasteiger partial charge in [-0.2, -0.15) is 0 Å². The second-order valence-electron chi connectivity index (χ2n) is 6.93. The van der Waals surface area contributed by atoms with E-state index in [1.54, 1.807) is 14.2 Å². The van der Waals surface area contributed by atoms with Gasteiger partial charge in [-0.15, -0.1) is 0 Å². The molecule has 1 aliphatic heterocycles. The van der Waals surface area contributed by atoms with Crippen molar-refractivity contribution >= 4 is 7.92 Å².